The first-order chi connectivity index (χ1) is 21.2. The number of likely N-dealkylation sites (tertiary alicyclic amines) is 2. The first kappa shape index (κ1) is 33.3. The number of carbonyl (C=O) groups is 6. The monoisotopic (exact) mass is 612 g/mol. The SMILES string of the molecule is CC1CC(=O)N(CC2CCC(C(=O)NCCOCCOCCC(=O)Nc3ccc(CCC(=O)N4CCC4=O)cc3)CC2)C1=O. The van der Waals surface area contributed by atoms with Gasteiger partial charge in [0.1, 0.15) is 0 Å². The van der Waals surface area contributed by atoms with E-state index in [9.17, 15) is 28.8 Å². The number of hydrogen-bond donors (Lipinski definition) is 2. The average molecular weight is 613 g/mol. The van der Waals surface area contributed by atoms with Crippen LogP contribution in [0, 0.1) is 17.8 Å². The largest absolute Gasteiger partial charge is 0.379 e. The van der Waals surface area contributed by atoms with Crippen LogP contribution in [-0.4, -0.2) is 91.3 Å². The number of benzene rings is 1. The standard InChI is InChI=1S/C32H44N4O8/c1-22-20-30(40)36(32(22)42)21-24-2-7-25(8-3-24)31(41)33-14-17-44-19-18-43-16-13-27(37)34-26-9-4-23(5-10-26)6-11-28(38)35-15-12-29(35)39/h4-5,9-10,22,24-25H,2-3,6-8,11-21H2,1H3,(H,33,41)(H,34,37). The molecule has 1 unspecified atom stereocenters. The minimum Gasteiger partial charge on any atom is -0.379 e. The Morgan fingerprint density at radius 1 is 0.886 bits per heavy atom. The molecule has 3 aliphatic rings. The Balaban J connectivity index is 0.965. The molecule has 1 aromatic carbocycles. The number of nitrogens with zero attached hydrogens (tertiary/aromatic N) is 2. The summed E-state index contributed by atoms with van der Waals surface area (Å²) in [5.74, 6) is -0.582. The first-order valence-corrected chi connectivity index (χ1v) is 15.7. The molecule has 3 fully saturated rings. The van der Waals surface area contributed by atoms with Crippen molar-refractivity contribution in [1.29, 1.82) is 0 Å². The number of anilines is 1. The highest BCUT2D eigenvalue weighted by Gasteiger charge is 2.37. The maximum Gasteiger partial charge on any atom is 0.232 e. The van der Waals surface area contributed by atoms with E-state index < -0.39 is 0 Å². The van der Waals surface area contributed by atoms with Gasteiger partial charge >= 0.3 is 0 Å². The van der Waals surface area contributed by atoms with Crippen LogP contribution in [0.15, 0.2) is 24.3 Å². The van der Waals surface area contributed by atoms with E-state index in [2.05, 4.69) is 10.6 Å². The number of rotatable bonds is 16. The first-order valence-electron chi connectivity index (χ1n) is 15.7. The summed E-state index contributed by atoms with van der Waals surface area (Å²) < 4.78 is 11.0. The van der Waals surface area contributed by atoms with Crippen molar-refractivity contribution in [2.45, 2.75) is 64.7 Å². The normalized spacial score (nSPS) is 21.8. The van der Waals surface area contributed by atoms with Gasteiger partial charge in [0.15, 0.2) is 0 Å². The zero-order valence-electron chi connectivity index (χ0n) is 25.5. The topological polar surface area (TPSA) is 151 Å². The molecule has 6 amide bonds. The quantitative estimate of drug-likeness (QED) is 0.164. The van der Waals surface area contributed by atoms with Gasteiger partial charge in [0.25, 0.3) is 0 Å². The van der Waals surface area contributed by atoms with Gasteiger partial charge in [0, 0.05) is 56.4 Å². The lowest BCUT2D eigenvalue weighted by molar-refractivity contribution is -0.152. The predicted octanol–water partition coefficient (Wildman–Crippen LogP) is 2.06. The summed E-state index contributed by atoms with van der Waals surface area (Å²) in [5, 5.41) is 5.74. The molecule has 2 heterocycles. The molecule has 2 N–H and O–H groups in total. The third-order valence-electron chi connectivity index (χ3n) is 8.54. The molecule has 2 aliphatic heterocycles. The predicted molar refractivity (Wildman–Crippen MR) is 160 cm³/mol. The van der Waals surface area contributed by atoms with Crippen LogP contribution >= 0.6 is 0 Å². The highest BCUT2D eigenvalue weighted by molar-refractivity contribution is 6.03. The Morgan fingerprint density at radius 2 is 1.59 bits per heavy atom. The highest BCUT2D eigenvalue weighted by Crippen LogP contribution is 2.31. The molecule has 0 bridgehead atoms. The molecule has 12 heteroatoms. The molecule has 240 valence electrons. The maximum atomic E-state index is 12.5. The molecule has 2 saturated heterocycles. The summed E-state index contributed by atoms with van der Waals surface area (Å²) >= 11 is 0. The Labute approximate surface area is 258 Å². The van der Waals surface area contributed by atoms with Gasteiger partial charge in [-0.3, -0.25) is 38.6 Å². The van der Waals surface area contributed by atoms with Gasteiger partial charge in [-0.2, -0.15) is 0 Å². The average Bonchev–Trinajstić information content (AvgIpc) is 3.24. The van der Waals surface area contributed by atoms with Crippen LogP contribution < -0.4 is 10.6 Å². The fourth-order valence-corrected chi connectivity index (χ4v) is 5.73. The number of β-lactam (4-membered cyclic amide) rings is 1. The van der Waals surface area contributed by atoms with Gasteiger partial charge < -0.3 is 20.1 Å². The second-order valence-electron chi connectivity index (χ2n) is 11.9. The molecule has 4 rings (SSSR count). The van der Waals surface area contributed by atoms with Crippen molar-refractivity contribution in [3.63, 3.8) is 0 Å². The van der Waals surface area contributed by atoms with Gasteiger partial charge in [-0.1, -0.05) is 19.1 Å². The van der Waals surface area contributed by atoms with Crippen LogP contribution in [0.4, 0.5) is 5.69 Å². The van der Waals surface area contributed by atoms with Gasteiger partial charge in [0.05, 0.1) is 32.8 Å². The highest BCUT2D eigenvalue weighted by atomic mass is 16.5. The number of aryl methyl sites for hydroxylation is 1. The number of carbonyl (C=O) groups excluding carboxylic acids is 6. The van der Waals surface area contributed by atoms with Crippen LogP contribution in [0.25, 0.3) is 0 Å². The lowest BCUT2D eigenvalue weighted by Crippen LogP contribution is -2.47. The van der Waals surface area contributed by atoms with E-state index in [1.807, 2.05) is 12.1 Å². The fraction of sp³-hybridized carbons (Fsp3) is 0.625. The molecule has 1 atom stereocenters. The molecule has 0 aromatic heterocycles. The Morgan fingerprint density at radius 3 is 2.20 bits per heavy atom. The zero-order chi connectivity index (χ0) is 31.5. The van der Waals surface area contributed by atoms with Crippen LogP contribution in [0.3, 0.4) is 0 Å². The Kier molecular flexibility index (Phi) is 12.4. The maximum absolute atomic E-state index is 12.5. The Bertz CT molecular complexity index is 1200. The fourth-order valence-electron chi connectivity index (χ4n) is 5.73. The van der Waals surface area contributed by atoms with Crippen molar-refractivity contribution in [1.82, 2.24) is 15.1 Å². The lowest BCUT2D eigenvalue weighted by Gasteiger charge is -2.30. The van der Waals surface area contributed by atoms with Crippen molar-refractivity contribution in [3.05, 3.63) is 29.8 Å². The molecule has 12 nitrogen and oxygen atoms in total. The summed E-state index contributed by atoms with van der Waals surface area (Å²) in [6, 6.07) is 7.28. The summed E-state index contributed by atoms with van der Waals surface area (Å²) in [7, 11) is 0. The van der Waals surface area contributed by atoms with E-state index in [0.717, 1.165) is 31.2 Å². The van der Waals surface area contributed by atoms with Crippen molar-refractivity contribution in [2.24, 2.45) is 17.8 Å². The molecule has 0 spiro atoms. The smallest absolute Gasteiger partial charge is 0.232 e. The number of amides is 6. The van der Waals surface area contributed by atoms with Crippen LogP contribution in [0.1, 0.15) is 63.9 Å². The molecular weight excluding hydrogens is 568 g/mol. The molecule has 0 radical (unpaired) electrons. The molecule has 44 heavy (non-hydrogen) atoms. The molecule has 1 saturated carbocycles. The van der Waals surface area contributed by atoms with E-state index >= 15 is 0 Å². The lowest BCUT2D eigenvalue weighted by atomic mass is 9.81. The summed E-state index contributed by atoms with van der Waals surface area (Å²) in [5.41, 5.74) is 1.61. The molecule has 1 aromatic rings. The molecular formula is C32H44N4O8. The second-order valence-corrected chi connectivity index (χ2v) is 11.9. The van der Waals surface area contributed by atoms with E-state index in [1.165, 1.54) is 9.80 Å². The van der Waals surface area contributed by atoms with Gasteiger partial charge in [-0.25, -0.2) is 0 Å². The molecule has 1 aliphatic carbocycles. The van der Waals surface area contributed by atoms with E-state index in [4.69, 9.17) is 9.47 Å². The zero-order valence-corrected chi connectivity index (χ0v) is 25.5. The minimum atomic E-state index is -0.219. The van der Waals surface area contributed by atoms with Crippen LogP contribution in [0.2, 0.25) is 0 Å². The van der Waals surface area contributed by atoms with Crippen molar-refractivity contribution in [2.75, 3.05) is 51.4 Å². The van der Waals surface area contributed by atoms with Gasteiger partial charge in [-0.05, 0) is 55.7 Å². The van der Waals surface area contributed by atoms with Crippen molar-refractivity contribution >= 4 is 41.1 Å². The Hall–Kier alpha value is -3.64. The third kappa shape index (κ3) is 9.68. The third-order valence-corrected chi connectivity index (χ3v) is 8.54. The van der Waals surface area contributed by atoms with Gasteiger partial charge in [-0.15, -0.1) is 0 Å². The van der Waals surface area contributed by atoms with Crippen molar-refractivity contribution in [3.8, 4) is 0 Å². The minimum absolute atomic E-state index is 0.0147. The second kappa shape index (κ2) is 16.4. The van der Waals surface area contributed by atoms with E-state index in [-0.39, 0.29) is 72.6 Å². The summed E-state index contributed by atoms with van der Waals surface area (Å²) in [4.78, 5) is 74.9. The van der Waals surface area contributed by atoms with Gasteiger partial charge in [0.2, 0.25) is 35.4 Å². The number of hydrogen-bond acceptors (Lipinski definition) is 8. The van der Waals surface area contributed by atoms with E-state index in [0.29, 0.717) is 64.4 Å². The number of ether oxygens (including phenoxy) is 2. The summed E-state index contributed by atoms with van der Waals surface area (Å²) in [6.07, 6.45) is 4.92. The van der Waals surface area contributed by atoms with E-state index in [1.54, 1.807) is 19.1 Å². The van der Waals surface area contributed by atoms with Crippen molar-refractivity contribution < 1.29 is 38.2 Å². The number of nitrogens with one attached hydrogen (secondary N) is 2. The summed E-state index contributed by atoms with van der Waals surface area (Å²) in [6.45, 7) is 4.49. The van der Waals surface area contributed by atoms with Crippen LogP contribution in [-0.2, 0) is 44.7 Å². The van der Waals surface area contributed by atoms with Crippen LogP contribution in [0.5, 0.6) is 0 Å². The number of imide groups is 2.